The molecule has 0 amide bonds. The van der Waals surface area contributed by atoms with E-state index in [0.29, 0.717) is 10.6 Å². The zero-order valence-electron chi connectivity index (χ0n) is 10.4. The van der Waals surface area contributed by atoms with Gasteiger partial charge >= 0.3 is 5.97 Å². The Morgan fingerprint density at radius 3 is 2.10 bits per heavy atom. The highest BCUT2D eigenvalue weighted by Crippen LogP contribution is 2.20. The first-order valence-electron chi connectivity index (χ1n) is 5.81. The molecule has 0 unspecified atom stereocenters. The molecule has 0 aliphatic carbocycles. The van der Waals surface area contributed by atoms with Crippen LogP contribution in [0, 0.1) is 11.3 Å². The predicted octanol–water partition coefficient (Wildman–Crippen LogP) is 4.10. The minimum atomic E-state index is -0.973. The molecule has 0 atom stereocenters. The number of aromatic carboxylic acids is 1. The fourth-order valence-electron chi connectivity index (χ4n) is 1.70. The molecule has 2 rings (SSSR count). The molecule has 0 fully saturated rings. The van der Waals surface area contributed by atoms with Gasteiger partial charge in [-0.3, -0.25) is 0 Å². The molecule has 2 aromatic carbocycles. The van der Waals surface area contributed by atoms with Crippen molar-refractivity contribution >= 4 is 29.2 Å². The number of carboxylic acid groups (broad SMARTS) is 1. The minimum Gasteiger partial charge on any atom is -0.478 e. The average Bonchev–Trinajstić information content (AvgIpc) is 2.46. The van der Waals surface area contributed by atoms with Crippen molar-refractivity contribution in [1.29, 1.82) is 5.26 Å². The van der Waals surface area contributed by atoms with Crippen molar-refractivity contribution in [3.8, 4) is 6.07 Å². The maximum Gasteiger partial charge on any atom is 0.335 e. The van der Waals surface area contributed by atoms with Gasteiger partial charge in [-0.15, -0.1) is 0 Å². The van der Waals surface area contributed by atoms with Crippen LogP contribution in [0.15, 0.2) is 48.5 Å². The third-order valence-corrected chi connectivity index (χ3v) is 3.00. The van der Waals surface area contributed by atoms with Crippen LogP contribution in [-0.2, 0) is 0 Å². The molecule has 0 spiro atoms. The number of nitriles is 1. The first-order valence-corrected chi connectivity index (χ1v) is 6.19. The van der Waals surface area contributed by atoms with E-state index in [1.165, 1.54) is 12.1 Å². The van der Waals surface area contributed by atoms with E-state index in [-0.39, 0.29) is 5.56 Å². The summed E-state index contributed by atoms with van der Waals surface area (Å²) in [6, 6.07) is 15.4. The highest BCUT2D eigenvalue weighted by atomic mass is 35.5. The zero-order chi connectivity index (χ0) is 14.5. The van der Waals surface area contributed by atoms with Gasteiger partial charge in [-0.05, 0) is 41.5 Å². The van der Waals surface area contributed by atoms with Gasteiger partial charge in [0.15, 0.2) is 0 Å². The van der Waals surface area contributed by atoms with Crippen LogP contribution < -0.4 is 0 Å². The number of hydrogen-bond donors (Lipinski definition) is 1. The van der Waals surface area contributed by atoms with Crippen LogP contribution in [0.4, 0.5) is 0 Å². The highest BCUT2D eigenvalue weighted by Gasteiger charge is 2.03. The van der Waals surface area contributed by atoms with E-state index in [1.807, 2.05) is 0 Å². The number of benzene rings is 2. The molecule has 0 radical (unpaired) electrons. The van der Waals surface area contributed by atoms with E-state index in [9.17, 15) is 10.1 Å². The van der Waals surface area contributed by atoms with Crippen LogP contribution >= 0.6 is 11.6 Å². The molecule has 0 saturated heterocycles. The molecule has 1 N–H and O–H groups in total. The van der Waals surface area contributed by atoms with Crippen molar-refractivity contribution in [2.75, 3.05) is 0 Å². The number of carbonyl (C=O) groups is 1. The molecule has 3 nitrogen and oxygen atoms in total. The number of hydrogen-bond acceptors (Lipinski definition) is 2. The Kier molecular flexibility index (Phi) is 4.19. The number of allylic oxidation sites excluding steroid dienone is 1. The monoisotopic (exact) mass is 283 g/mol. The van der Waals surface area contributed by atoms with Gasteiger partial charge in [-0.2, -0.15) is 5.26 Å². The Balaban J connectivity index is 2.34. The number of carboxylic acids is 1. The Morgan fingerprint density at radius 2 is 1.60 bits per heavy atom. The van der Waals surface area contributed by atoms with Gasteiger partial charge in [-0.1, -0.05) is 35.9 Å². The second kappa shape index (κ2) is 6.05. The van der Waals surface area contributed by atoms with Gasteiger partial charge in [0.25, 0.3) is 0 Å². The van der Waals surface area contributed by atoms with Gasteiger partial charge in [0.1, 0.15) is 0 Å². The van der Waals surface area contributed by atoms with Crippen LogP contribution in [0.2, 0.25) is 5.02 Å². The number of halogens is 1. The summed E-state index contributed by atoms with van der Waals surface area (Å²) in [5.74, 6) is -0.973. The lowest BCUT2D eigenvalue weighted by atomic mass is 10.0. The quantitative estimate of drug-likeness (QED) is 0.681. The van der Waals surface area contributed by atoms with Crippen LogP contribution in [0.5, 0.6) is 0 Å². The SMILES string of the molecule is N#C/C(=C/c1ccc(C(=O)O)cc1)c1ccc(Cl)cc1. The van der Waals surface area contributed by atoms with Gasteiger partial charge < -0.3 is 5.11 Å². The summed E-state index contributed by atoms with van der Waals surface area (Å²) in [5, 5.41) is 18.6. The molecule has 98 valence electrons. The highest BCUT2D eigenvalue weighted by molar-refractivity contribution is 6.30. The molecule has 0 aliphatic heterocycles. The summed E-state index contributed by atoms with van der Waals surface area (Å²) in [7, 11) is 0. The average molecular weight is 284 g/mol. The Bertz CT molecular complexity index is 695. The lowest BCUT2D eigenvalue weighted by Gasteiger charge is -2.01. The Labute approximate surface area is 121 Å². The second-order valence-electron chi connectivity index (χ2n) is 4.10. The molecular weight excluding hydrogens is 274 g/mol. The predicted molar refractivity (Wildman–Crippen MR) is 78.3 cm³/mol. The minimum absolute atomic E-state index is 0.215. The van der Waals surface area contributed by atoms with Crippen molar-refractivity contribution in [1.82, 2.24) is 0 Å². The van der Waals surface area contributed by atoms with Crippen LogP contribution in [-0.4, -0.2) is 11.1 Å². The summed E-state index contributed by atoms with van der Waals surface area (Å²) in [4.78, 5) is 10.8. The van der Waals surface area contributed by atoms with Crippen LogP contribution in [0.25, 0.3) is 11.6 Å². The molecule has 0 aromatic heterocycles. The smallest absolute Gasteiger partial charge is 0.335 e. The summed E-state index contributed by atoms with van der Waals surface area (Å²) in [6.07, 6.45) is 1.70. The van der Waals surface area contributed by atoms with Crippen molar-refractivity contribution in [3.63, 3.8) is 0 Å². The molecule has 0 saturated carbocycles. The fourth-order valence-corrected chi connectivity index (χ4v) is 1.82. The summed E-state index contributed by atoms with van der Waals surface area (Å²) >= 11 is 5.81. The van der Waals surface area contributed by atoms with E-state index in [0.717, 1.165) is 11.1 Å². The normalized spacial score (nSPS) is 10.9. The van der Waals surface area contributed by atoms with Crippen LogP contribution in [0.3, 0.4) is 0 Å². The topological polar surface area (TPSA) is 61.1 Å². The van der Waals surface area contributed by atoms with E-state index in [1.54, 1.807) is 42.5 Å². The van der Waals surface area contributed by atoms with Crippen molar-refractivity contribution in [3.05, 3.63) is 70.2 Å². The molecule has 0 aliphatic rings. The maximum absolute atomic E-state index is 10.8. The second-order valence-corrected chi connectivity index (χ2v) is 4.54. The van der Waals surface area contributed by atoms with Gasteiger partial charge in [-0.25, -0.2) is 4.79 Å². The zero-order valence-corrected chi connectivity index (χ0v) is 11.1. The summed E-state index contributed by atoms with van der Waals surface area (Å²) in [6.45, 7) is 0. The molecule has 0 bridgehead atoms. The third kappa shape index (κ3) is 3.25. The maximum atomic E-state index is 10.8. The van der Waals surface area contributed by atoms with E-state index in [2.05, 4.69) is 6.07 Å². The van der Waals surface area contributed by atoms with E-state index in [4.69, 9.17) is 16.7 Å². The van der Waals surface area contributed by atoms with Crippen molar-refractivity contribution in [2.24, 2.45) is 0 Å². The first kappa shape index (κ1) is 13.9. The van der Waals surface area contributed by atoms with Crippen LogP contribution in [0.1, 0.15) is 21.5 Å². The Morgan fingerprint density at radius 1 is 1.05 bits per heavy atom. The van der Waals surface area contributed by atoms with Gasteiger partial charge in [0.05, 0.1) is 17.2 Å². The number of nitrogens with zero attached hydrogens (tertiary/aromatic N) is 1. The number of rotatable bonds is 3. The Hall–Kier alpha value is -2.57. The largest absolute Gasteiger partial charge is 0.478 e. The van der Waals surface area contributed by atoms with Crippen molar-refractivity contribution in [2.45, 2.75) is 0 Å². The van der Waals surface area contributed by atoms with E-state index >= 15 is 0 Å². The molecule has 0 heterocycles. The molecule has 4 heteroatoms. The standard InChI is InChI=1S/C16H10ClNO2/c17-15-7-5-12(6-8-15)14(10-18)9-11-1-3-13(4-2-11)16(19)20/h1-9H,(H,19,20)/b14-9-. The first-order chi connectivity index (χ1) is 9.60. The molecular formula is C16H10ClNO2. The summed E-state index contributed by atoms with van der Waals surface area (Å²) < 4.78 is 0. The summed E-state index contributed by atoms with van der Waals surface area (Å²) in [5.41, 5.74) is 2.23. The van der Waals surface area contributed by atoms with Gasteiger partial charge in [0, 0.05) is 5.02 Å². The van der Waals surface area contributed by atoms with E-state index < -0.39 is 5.97 Å². The molecule has 20 heavy (non-hydrogen) atoms. The molecule has 2 aromatic rings. The lowest BCUT2D eigenvalue weighted by Crippen LogP contribution is -1.94. The lowest BCUT2D eigenvalue weighted by molar-refractivity contribution is 0.0697. The van der Waals surface area contributed by atoms with Crippen molar-refractivity contribution < 1.29 is 9.90 Å². The third-order valence-electron chi connectivity index (χ3n) is 2.74. The fraction of sp³-hybridized carbons (Fsp3) is 0. The van der Waals surface area contributed by atoms with Gasteiger partial charge in [0.2, 0.25) is 0 Å².